The highest BCUT2D eigenvalue weighted by Crippen LogP contribution is 2.28. The molecule has 0 saturated heterocycles. The molecule has 4 aromatic rings. The molecule has 0 saturated carbocycles. The van der Waals surface area contributed by atoms with Gasteiger partial charge in [-0.3, -0.25) is 4.68 Å². The summed E-state index contributed by atoms with van der Waals surface area (Å²) in [5, 5.41) is 9.38. The second-order valence-corrected chi connectivity index (χ2v) is 5.92. The highest BCUT2D eigenvalue weighted by molar-refractivity contribution is 5.86. The summed E-state index contributed by atoms with van der Waals surface area (Å²) in [5.41, 5.74) is 2.99. The van der Waals surface area contributed by atoms with E-state index < -0.39 is 0 Å². The van der Waals surface area contributed by atoms with Crippen LogP contribution in [-0.2, 0) is 7.05 Å². The van der Waals surface area contributed by atoms with Gasteiger partial charge in [0.1, 0.15) is 24.8 Å². The molecule has 3 aromatic heterocycles. The molecular formula is C17H18N8. The van der Waals surface area contributed by atoms with Crippen LogP contribution in [-0.4, -0.2) is 41.6 Å². The van der Waals surface area contributed by atoms with E-state index in [0.717, 1.165) is 22.5 Å². The van der Waals surface area contributed by atoms with Crippen molar-refractivity contribution in [2.24, 2.45) is 7.05 Å². The zero-order valence-electron chi connectivity index (χ0n) is 14.3. The average molecular weight is 334 g/mol. The Kier molecular flexibility index (Phi) is 3.64. The van der Waals surface area contributed by atoms with E-state index in [-0.39, 0.29) is 6.04 Å². The number of nitrogens with zero attached hydrogens (tertiary/aromatic N) is 8. The third kappa shape index (κ3) is 2.61. The van der Waals surface area contributed by atoms with Crippen molar-refractivity contribution in [2.45, 2.75) is 13.0 Å². The van der Waals surface area contributed by atoms with Gasteiger partial charge in [0.25, 0.3) is 0 Å². The van der Waals surface area contributed by atoms with E-state index in [1.54, 1.807) is 22.0 Å². The van der Waals surface area contributed by atoms with E-state index in [4.69, 9.17) is 0 Å². The number of rotatable bonds is 4. The number of hydrogen-bond donors (Lipinski definition) is 0. The first-order valence-corrected chi connectivity index (χ1v) is 7.95. The predicted octanol–water partition coefficient (Wildman–Crippen LogP) is 2.14. The molecule has 0 aliphatic heterocycles. The Bertz CT molecular complexity index is 987. The fourth-order valence-electron chi connectivity index (χ4n) is 2.88. The highest BCUT2D eigenvalue weighted by Gasteiger charge is 2.18. The Labute approximate surface area is 144 Å². The fraction of sp³-hybridized carbons (Fsp3) is 0.235. The van der Waals surface area contributed by atoms with Crippen LogP contribution >= 0.6 is 0 Å². The van der Waals surface area contributed by atoms with Gasteiger partial charge in [0, 0.05) is 14.1 Å². The van der Waals surface area contributed by atoms with Crippen LogP contribution < -0.4 is 4.90 Å². The van der Waals surface area contributed by atoms with Crippen LogP contribution in [0.25, 0.3) is 16.7 Å². The maximum absolute atomic E-state index is 4.46. The van der Waals surface area contributed by atoms with Crippen LogP contribution in [0.1, 0.15) is 18.5 Å². The van der Waals surface area contributed by atoms with Gasteiger partial charge in [-0.15, -0.1) is 0 Å². The topological polar surface area (TPSA) is 77.6 Å². The summed E-state index contributed by atoms with van der Waals surface area (Å²) in [6, 6.07) is 8.41. The van der Waals surface area contributed by atoms with Gasteiger partial charge < -0.3 is 4.90 Å². The largest absolute Gasteiger partial charge is 0.352 e. The molecule has 0 fully saturated rings. The summed E-state index contributed by atoms with van der Waals surface area (Å²) in [4.78, 5) is 14.9. The average Bonchev–Trinajstić information content (AvgIpc) is 3.31. The molecule has 4 rings (SSSR count). The van der Waals surface area contributed by atoms with Crippen molar-refractivity contribution in [1.29, 1.82) is 0 Å². The van der Waals surface area contributed by atoms with Crippen molar-refractivity contribution in [3.8, 4) is 5.69 Å². The number of fused-ring (bicyclic) bond motifs is 1. The van der Waals surface area contributed by atoms with Gasteiger partial charge in [-0.1, -0.05) is 12.1 Å². The normalized spacial score (nSPS) is 12.4. The van der Waals surface area contributed by atoms with Gasteiger partial charge in [0.2, 0.25) is 0 Å². The molecule has 8 heteroatoms. The molecule has 126 valence electrons. The maximum atomic E-state index is 4.46. The summed E-state index contributed by atoms with van der Waals surface area (Å²) >= 11 is 0. The summed E-state index contributed by atoms with van der Waals surface area (Å²) in [6.45, 7) is 2.15. The van der Waals surface area contributed by atoms with Crippen LogP contribution in [0.4, 0.5) is 5.82 Å². The van der Waals surface area contributed by atoms with Gasteiger partial charge in [0.15, 0.2) is 5.65 Å². The standard InChI is InChI=1S/C17H18N8/c1-12(13-4-6-14(7-5-13)25-11-18-9-22-25)23(2)16-15-8-21-24(3)17(15)20-10-19-16/h4-12H,1-3H3/t12-/m1/s1. The lowest BCUT2D eigenvalue weighted by Gasteiger charge is -2.26. The second-order valence-electron chi connectivity index (χ2n) is 5.92. The monoisotopic (exact) mass is 334 g/mol. The molecule has 1 atom stereocenters. The molecule has 1 aromatic carbocycles. The molecule has 0 unspecified atom stereocenters. The number of hydrogen-bond acceptors (Lipinski definition) is 6. The first kappa shape index (κ1) is 15.3. The summed E-state index contributed by atoms with van der Waals surface area (Å²) < 4.78 is 3.49. The lowest BCUT2D eigenvalue weighted by molar-refractivity contribution is 0.729. The second kappa shape index (κ2) is 5.97. The van der Waals surface area contributed by atoms with E-state index >= 15 is 0 Å². The summed E-state index contributed by atoms with van der Waals surface area (Å²) in [6.07, 6.45) is 6.60. The molecule has 0 spiro atoms. The van der Waals surface area contributed by atoms with Crippen molar-refractivity contribution < 1.29 is 0 Å². The minimum absolute atomic E-state index is 0.142. The Morgan fingerprint density at radius 3 is 2.56 bits per heavy atom. The number of anilines is 1. The lowest BCUT2D eigenvalue weighted by Crippen LogP contribution is -2.23. The van der Waals surface area contributed by atoms with Gasteiger partial charge in [-0.25, -0.2) is 19.6 Å². The Balaban J connectivity index is 1.64. The molecule has 0 amide bonds. The smallest absolute Gasteiger partial charge is 0.163 e. The molecule has 0 aliphatic carbocycles. The van der Waals surface area contributed by atoms with Gasteiger partial charge in [-0.05, 0) is 24.6 Å². The van der Waals surface area contributed by atoms with Crippen LogP contribution in [0.3, 0.4) is 0 Å². The molecule has 8 nitrogen and oxygen atoms in total. The highest BCUT2D eigenvalue weighted by atomic mass is 15.3. The van der Waals surface area contributed by atoms with Crippen molar-refractivity contribution in [3.05, 3.63) is 55.0 Å². The third-order valence-corrected chi connectivity index (χ3v) is 4.48. The van der Waals surface area contributed by atoms with E-state index in [9.17, 15) is 0 Å². The zero-order chi connectivity index (χ0) is 17.4. The minimum atomic E-state index is 0.142. The van der Waals surface area contributed by atoms with Gasteiger partial charge >= 0.3 is 0 Å². The SMILES string of the molecule is C[C@H](c1ccc(-n2cncn2)cc1)N(C)c1ncnc2c1cnn2C. The predicted molar refractivity (Wildman–Crippen MR) is 94.5 cm³/mol. The fourth-order valence-corrected chi connectivity index (χ4v) is 2.88. The number of aromatic nitrogens is 7. The molecule has 0 N–H and O–H groups in total. The van der Waals surface area contributed by atoms with E-state index in [0.29, 0.717) is 0 Å². The van der Waals surface area contributed by atoms with Crippen molar-refractivity contribution >= 4 is 16.9 Å². The molecular weight excluding hydrogens is 316 g/mol. The van der Waals surface area contributed by atoms with Gasteiger partial charge in [0.05, 0.1) is 23.3 Å². The van der Waals surface area contributed by atoms with Crippen molar-refractivity contribution in [3.63, 3.8) is 0 Å². The van der Waals surface area contributed by atoms with Crippen LogP contribution in [0, 0.1) is 0 Å². The van der Waals surface area contributed by atoms with Crippen molar-refractivity contribution in [1.82, 2.24) is 34.5 Å². The number of benzene rings is 1. The lowest BCUT2D eigenvalue weighted by atomic mass is 10.1. The van der Waals surface area contributed by atoms with Crippen LogP contribution in [0.15, 0.2) is 49.4 Å². The molecule has 0 bridgehead atoms. The quantitative estimate of drug-likeness (QED) is 0.569. The Morgan fingerprint density at radius 2 is 1.84 bits per heavy atom. The van der Waals surface area contributed by atoms with E-state index in [1.165, 1.54) is 11.9 Å². The zero-order valence-corrected chi connectivity index (χ0v) is 14.3. The van der Waals surface area contributed by atoms with Crippen molar-refractivity contribution in [2.75, 3.05) is 11.9 Å². The molecule has 25 heavy (non-hydrogen) atoms. The van der Waals surface area contributed by atoms with E-state index in [1.807, 2.05) is 32.4 Å². The van der Waals surface area contributed by atoms with E-state index in [2.05, 4.69) is 49.1 Å². The molecule has 0 aliphatic rings. The Hall–Kier alpha value is -3.29. The van der Waals surface area contributed by atoms with Crippen LogP contribution in [0.2, 0.25) is 0 Å². The molecule has 3 heterocycles. The first-order valence-electron chi connectivity index (χ1n) is 7.95. The number of aryl methyl sites for hydroxylation is 1. The third-order valence-electron chi connectivity index (χ3n) is 4.48. The summed E-state index contributed by atoms with van der Waals surface area (Å²) in [5.74, 6) is 0.867. The van der Waals surface area contributed by atoms with Crippen LogP contribution in [0.5, 0.6) is 0 Å². The first-order chi connectivity index (χ1) is 12.1. The summed E-state index contributed by atoms with van der Waals surface area (Å²) in [7, 11) is 3.91. The Morgan fingerprint density at radius 1 is 1.04 bits per heavy atom. The maximum Gasteiger partial charge on any atom is 0.163 e. The molecule has 0 radical (unpaired) electrons. The van der Waals surface area contributed by atoms with Gasteiger partial charge in [-0.2, -0.15) is 10.2 Å². The minimum Gasteiger partial charge on any atom is -0.352 e.